The molecule has 0 spiro atoms. The lowest BCUT2D eigenvalue weighted by molar-refractivity contribution is -0.122. The first-order chi connectivity index (χ1) is 12.9. The van der Waals surface area contributed by atoms with E-state index >= 15 is 0 Å². The van der Waals surface area contributed by atoms with Crippen molar-refractivity contribution < 1.29 is 14.3 Å². The standard InChI is InChI=1S/C19H21Cl2N3O3/c1-12(27-18-5-2-13(20)10-15(18)21)19(25)23-14-3-4-17(16(22)11-14)24-6-8-26-9-7-24/h2-5,10-12H,6-9,22H2,1H3,(H,23,25)/t12-/m0/s1. The van der Waals surface area contributed by atoms with Gasteiger partial charge in [0, 0.05) is 23.8 Å². The number of carbonyl (C=O) groups excluding carboxylic acids is 1. The molecular weight excluding hydrogens is 389 g/mol. The maximum Gasteiger partial charge on any atom is 0.265 e. The van der Waals surface area contributed by atoms with Crippen LogP contribution in [-0.4, -0.2) is 38.3 Å². The molecule has 0 bridgehead atoms. The average molecular weight is 410 g/mol. The number of amides is 1. The molecule has 144 valence electrons. The molecule has 3 N–H and O–H groups in total. The van der Waals surface area contributed by atoms with E-state index in [2.05, 4.69) is 10.2 Å². The second-order valence-corrected chi connectivity index (χ2v) is 7.04. The van der Waals surface area contributed by atoms with Crippen LogP contribution in [0.2, 0.25) is 10.0 Å². The van der Waals surface area contributed by atoms with Gasteiger partial charge in [0.25, 0.3) is 5.91 Å². The molecule has 1 amide bonds. The van der Waals surface area contributed by atoms with Crippen molar-refractivity contribution in [3.63, 3.8) is 0 Å². The van der Waals surface area contributed by atoms with Crippen LogP contribution in [0.3, 0.4) is 0 Å². The number of morpholine rings is 1. The first kappa shape index (κ1) is 19.6. The van der Waals surface area contributed by atoms with Crippen LogP contribution in [0, 0.1) is 0 Å². The number of nitrogens with zero attached hydrogens (tertiary/aromatic N) is 1. The minimum atomic E-state index is -0.746. The third kappa shape index (κ3) is 4.97. The van der Waals surface area contributed by atoms with Crippen LogP contribution in [-0.2, 0) is 9.53 Å². The van der Waals surface area contributed by atoms with Crippen LogP contribution in [0.1, 0.15) is 6.92 Å². The van der Waals surface area contributed by atoms with E-state index in [0.29, 0.717) is 40.4 Å². The highest BCUT2D eigenvalue weighted by molar-refractivity contribution is 6.35. The van der Waals surface area contributed by atoms with Crippen LogP contribution >= 0.6 is 23.2 Å². The smallest absolute Gasteiger partial charge is 0.265 e. The molecule has 2 aromatic rings. The average Bonchev–Trinajstić information content (AvgIpc) is 2.64. The van der Waals surface area contributed by atoms with Crippen LogP contribution in [0.25, 0.3) is 0 Å². The molecule has 1 heterocycles. The van der Waals surface area contributed by atoms with Gasteiger partial charge in [-0.3, -0.25) is 4.79 Å². The minimum absolute atomic E-state index is 0.306. The highest BCUT2D eigenvalue weighted by Gasteiger charge is 2.18. The highest BCUT2D eigenvalue weighted by atomic mass is 35.5. The number of halogens is 2. The summed E-state index contributed by atoms with van der Waals surface area (Å²) in [5.41, 5.74) is 8.31. The van der Waals surface area contributed by atoms with E-state index in [-0.39, 0.29) is 5.91 Å². The first-order valence-corrected chi connectivity index (χ1v) is 9.34. The largest absolute Gasteiger partial charge is 0.479 e. The zero-order valence-electron chi connectivity index (χ0n) is 14.9. The quantitative estimate of drug-likeness (QED) is 0.733. The van der Waals surface area contributed by atoms with Crippen LogP contribution < -0.4 is 20.7 Å². The molecule has 0 unspecified atom stereocenters. The number of nitrogens with one attached hydrogen (secondary N) is 1. The van der Waals surface area contributed by atoms with Crippen molar-refractivity contribution in [1.29, 1.82) is 0 Å². The number of hydrogen-bond donors (Lipinski definition) is 2. The van der Waals surface area contributed by atoms with Gasteiger partial charge in [-0.1, -0.05) is 23.2 Å². The van der Waals surface area contributed by atoms with Gasteiger partial charge < -0.3 is 25.4 Å². The van der Waals surface area contributed by atoms with Gasteiger partial charge in [0.2, 0.25) is 0 Å². The molecule has 6 nitrogen and oxygen atoms in total. The van der Waals surface area contributed by atoms with Gasteiger partial charge in [0.15, 0.2) is 6.10 Å². The maximum atomic E-state index is 12.4. The topological polar surface area (TPSA) is 76.8 Å². The third-order valence-corrected chi connectivity index (χ3v) is 4.74. The summed E-state index contributed by atoms with van der Waals surface area (Å²) >= 11 is 11.9. The van der Waals surface area contributed by atoms with Gasteiger partial charge >= 0.3 is 0 Å². The number of anilines is 3. The summed E-state index contributed by atoms with van der Waals surface area (Å²) in [6.45, 7) is 4.59. The number of benzene rings is 2. The summed E-state index contributed by atoms with van der Waals surface area (Å²) in [7, 11) is 0. The van der Waals surface area contributed by atoms with Crippen molar-refractivity contribution in [3.05, 3.63) is 46.4 Å². The van der Waals surface area contributed by atoms with E-state index in [4.69, 9.17) is 38.4 Å². The maximum absolute atomic E-state index is 12.4. The molecule has 8 heteroatoms. The fraction of sp³-hybridized carbons (Fsp3) is 0.316. The van der Waals surface area contributed by atoms with Crippen molar-refractivity contribution in [2.24, 2.45) is 0 Å². The van der Waals surface area contributed by atoms with Crippen molar-refractivity contribution in [3.8, 4) is 5.75 Å². The van der Waals surface area contributed by atoms with E-state index in [9.17, 15) is 4.79 Å². The number of hydrogen-bond acceptors (Lipinski definition) is 5. The normalized spacial score (nSPS) is 15.3. The van der Waals surface area contributed by atoms with Crippen LogP contribution in [0.4, 0.5) is 17.1 Å². The van der Waals surface area contributed by atoms with Gasteiger partial charge in [-0.05, 0) is 43.3 Å². The van der Waals surface area contributed by atoms with E-state index in [1.807, 2.05) is 12.1 Å². The molecule has 27 heavy (non-hydrogen) atoms. The van der Waals surface area contributed by atoms with Gasteiger partial charge in [0.1, 0.15) is 5.75 Å². The highest BCUT2D eigenvalue weighted by Crippen LogP contribution is 2.29. The fourth-order valence-corrected chi connectivity index (χ4v) is 3.24. The zero-order chi connectivity index (χ0) is 19.4. The SMILES string of the molecule is C[C@H](Oc1ccc(Cl)cc1Cl)C(=O)Nc1ccc(N2CCOCC2)c(N)c1. The van der Waals surface area contributed by atoms with Crippen LogP contribution in [0.5, 0.6) is 5.75 Å². The number of nitrogen functional groups attached to an aromatic ring is 1. The summed E-state index contributed by atoms with van der Waals surface area (Å²) in [6.07, 6.45) is -0.746. The Balaban J connectivity index is 1.63. The molecule has 0 saturated carbocycles. The van der Waals surface area contributed by atoms with Gasteiger partial charge in [-0.25, -0.2) is 0 Å². The molecule has 0 radical (unpaired) electrons. The number of nitrogens with two attached hydrogens (primary N) is 1. The molecular formula is C19H21Cl2N3O3. The number of carbonyl (C=O) groups is 1. The fourth-order valence-electron chi connectivity index (χ4n) is 2.78. The first-order valence-electron chi connectivity index (χ1n) is 8.59. The molecule has 1 fully saturated rings. The Morgan fingerprint density at radius 3 is 2.63 bits per heavy atom. The van der Waals surface area contributed by atoms with Gasteiger partial charge in [-0.15, -0.1) is 0 Å². The lowest BCUT2D eigenvalue weighted by Crippen LogP contribution is -2.36. The van der Waals surface area contributed by atoms with E-state index < -0.39 is 6.10 Å². The van der Waals surface area contributed by atoms with E-state index in [0.717, 1.165) is 18.8 Å². The Kier molecular flexibility index (Phi) is 6.31. The van der Waals surface area contributed by atoms with Crippen molar-refractivity contribution in [2.75, 3.05) is 42.3 Å². The molecule has 1 aliphatic heterocycles. The molecule has 1 atom stereocenters. The molecule has 1 saturated heterocycles. The Morgan fingerprint density at radius 1 is 1.22 bits per heavy atom. The van der Waals surface area contributed by atoms with Gasteiger partial charge in [-0.2, -0.15) is 0 Å². The lowest BCUT2D eigenvalue weighted by Gasteiger charge is -2.30. The summed E-state index contributed by atoms with van der Waals surface area (Å²) in [4.78, 5) is 14.6. The number of rotatable bonds is 5. The second kappa shape index (κ2) is 8.69. The van der Waals surface area contributed by atoms with Gasteiger partial charge in [0.05, 0.1) is 29.6 Å². The molecule has 0 aromatic heterocycles. The summed E-state index contributed by atoms with van der Waals surface area (Å²) in [5, 5.41) is 3.66. The Labute approximate surface area is 168 Å². The zero-order valence-corrected chi connectivity index (χ0v) is 16.4. The van der Waals surface area contributed by atoms with E-state index in [1.165, 1.54) is 0 Å². The van der Waals surface area contributed by atoms with Crippen molar-refractivity contribution in [1.82, 2.24) is 0 Å². The van der Waals surface area contributed by atoms with Crippen molar-refractivity contribution in [2.45, 2.75) is 13.0 Å². The summed E-state index contributed by atoms with van der Waals surface area (Å²) < 4.78 is 11.0. The summed E-state index contributed by atoms with van der Waals surface area (Å²) in [6, 6.07) is 10.3. The minimum Gasteiger partial charge on any atom is -0.479 e. The van der Waals surface area contributed by atoms with E-state index in [1.54, 1.807) is 31.2 Å². The van der Waals surface area contributed by atoms with Crippen LogP contribution in [0.15, 0.2) is 36.4 Å². The molecule has 3 rings (SSSR count). The molecule has 1 aliphatic rings. The van der Waals surface area contributed by atoms with Crippen molar-refractivity contribution >= 4 is 46.2 Å². The summed E-state index contributed by atoms with van der Waals surface area (Å²) in [5.74, 6) is 0.0884. The molecule has 0 aliphatic carbocycles. The predicted molar refractivity (Wildman–Crippen MR) is 109 cm³/mol. The monoisotopic (exact) mass is 409 g/mol. The second-order valence-electron chi connectivity index (χ2n) is 6.20. The Hall–Kier alpha value is -2.15. The number of ether oxygens (including phenoxy) is 2. The predicted octanol–water partition coefficient (Wildman–Crippen LogP) is 3.82. The lowest BCUT2D eigenvalue weighted by atomic mass is 10.2. The Bertz CT molecular complexity index is 826. The third-order valence-electron chi connectivity index (χ3n) is 4.21. The molecule has 2 aromatic carbocycles. The Morgan fingerprint density at radius 2 is 1.96 bits per heavy atom.